The highest BCUT2D eigenvalue weighted by atomic mass is 79.9. The smallest absolute Gasteiger partial charge is 0.283 e. The van der Waals surface area contributed by atoms with Crippen molar-refractivity contribution in [2.45, 2.75) is 19.8 Å². The number of hydrogen-bond donors (Lipinski definition) is 1. The summed E-state index contributed by atoms with van der Waals surface area (Å²) in [6.07, 6.45) is 1.85. The van der Waals surface area contributed by atoms with Crippen LogP contribution in [0.1, 0.15) is 19.2 Å². The first-order valence-corrected chi connectivity index (χ1v) is 6.37. The number of nitrogens with one attached hydrogen (secondary N) is 1. The van der Waals surface area contributed by atoms with Crippen molar-refractivity contribution in [2.75, 3.05) is 13.1 Å². The van der Waals surface area contributed by atoms with Gasteiger partial charge in [0.2, 0.25) is 5.89 Å². The van der Waals surface area contributed by atoms with Gasteiger partial charge in [0, 0.05) is 13.0 Å². The molecule has 2 aromatic heterocycles. The zero-order chi connectivity index (χ0) is 12.1. The quantitative estimate of drug-likeness (QED) is 0.831. The summed E-state index contributed by atoms with van der Waals surface area (Å²) in [6.45, 7) is 3.98. The molecule has 0 saturated carbocycles. The lowest BCUT2D eigenvalue weighted by molar-refractivity contribution is 0.468. The lowest BCUT2D eigenvalue weighted by Crippen LogP contribution is -2.17. The molecule has 92 valence electrons. The van der Waals surface area contributed by atoms with E-state index in [2.05, 4.69) is 38.4 Å². The Morgan fingerprint density at radius 2 is 2.12 bits per heavy atom. The van der Waals surface area contributed by atoms with Crippen molar-refractivity contribution in [3.8, 4) is 11.7 Å². The minimum absolute atomic E-state index is 0.418. The van der Waals surface area contributed by atoms with Gasteiger partial charge in [-0.25, -0.2) is 0 Å². The van der Waals surface area contributed by atoms with Crippen molar-refractivity contribution in [2.24, 2.45) is 0 Å². The molecule has 0 radical (unpaired) electrons. The first kappa shape index (κ1) is 12.3. The zero-order valence-corrected chi connectivity index (χ0v) is 11.2. The molecule has 0 saturated heterocycles. The Balaban J connectivity index is 1.92. The Hall–Kier alpha value is -1.14. The number of halogens is 1. The molecular formula is C11H14BrN3O2. The molecular weight excluding hydrogens is 286 g/mol. The fourth-order valence-electron chi connectivity index (χ4n) is 1.38. The van der Waals surface area contributed by atoms with E-state index >= 15 is 0 Å². The van der Waals surface area contributed by atoms with Crippen molar-refractivity contribution < 1.29 is 8.83 Å². The van der Waals surface area contributed by atoms with Crippen LogP contribution in [0, 0.1) is 0 Å². The average molecular weight is 300 g/mol. The van der Waals surface area contributed by atoms with Gasteiger partial charge in [0.15, 0.2) is 10.4 Å². The molecule has 0 aliphatic heterocycles. The van der Waals surface area contributed by atoms with E-state index < -0.39 is 0 Å². The van der Waals surface area contributed by atoms with Gasteiger partial charge in [0.1, 0.15) is 0 Å². The molecule has 0 bridgehead atoms. The van der Waals surface area contributed by atoms with Gasteiger partial charge in [-0.3, -0.25) is 0 Å². The summed E-state index contributed by atoms with van der Waals surface area (Å²) < 4.78 is 11.5. The Bertz CT molecular complexity index is 467. The van der Waals surface area contributed by atoms with Crippen molar-refractivity contribution in [3.63, 3.8) is 0 Å². The zero-order valence-electron chi connectivity index (χ0n) is 9.57. The first-order chi connectivity index (χ1) is 8.29. The predicted octanol–water partition coefficient (Wildman–Crippen LogP) is 2.63. The SMILES string of the molecule is CCCNCCc1nnc(-c2ccc(Br)o2)o1. The number of rotatable bonds is 6. The molecule has 0 atom stereocenters. The van der Waals surface area contributed by atoms with E-state index in [1.165, 1.54) is 0 Å². The third-order valence-electron chi connectivity index (χ3n) is 2.19. The van der Waals surface area contributed by atoms with Gasteiger partial charge in [-0.1, -0.05) is 6.92 Å². The van der Waals surface area contributed by atoms with Crippen LogP contribution < -0.4 is 5.32 Å². The van der Waals surface area contributed by atoms with Gasteiger partial charge < -0.3 is 14.2 Å². The molecule has 5 nitrogen and oxygen atoms in total. The van der Waals surface area contributed by atoms with E-state index in [1.54, 1.807) is 12.1 Å². The van der Waals surface area contributed by atoms with Crippen LogP contribution in [0.5, 0.6) is 0 Å². The van der Waals surface area contributed by atoms with Crippen molar-refractivity contribution in [1.29, 1.82) is 0 Å². The highest BCUT2D eigenvalue weighted by Gasteiger charge is 2.11. The van der Waals surface area contributed by atoms with Gasteiger partial charge >= 0.3 is 0 Å². The highest BCUT2D eigenvalue weighted by molar-refractivity contribution is 9.10. The lowest BCUT2D eigenvalue weighted by atomic mass is 10.4. The molecule has 6 heteroatoms. The number of nitrogens with zero attached hydrogens (tertiary/aromatic N) is 2. The van der Waals surface area contributed by atoms with E-state index in [9.17, 15) is 0 Å². The fraction of sp³-hybridized carbons (Fsp3) is 0.455. The van der Waals surface area contributed by atoms with Crippen LogP contribution in [-0.4, -0.2) is 23.3 Å². The standard InChI is InChI=1S/C11H14BrN3O2/c1-2-6-13-7-5-10-14-15-11(17-10)8-3-4-9(12)16-8/h3-4,13H,2,5-7H2,1H3. The second kappa shape index (κ2) is 5.97. The maximum atomic E-state index is 5.49. The van der Waals surface area contributed by atoms with E-state index in [0.717, 1.165) is 25.9 Å². The molecule has 0 spiro atoms. The van der Waals surface area contributed by atoms with Crippen LogP contribution in [0.2, 0.25) is 0 Å². The molecule has 0 amide bonds. The molecule has 2 rings (SSSR count). The second-order valence-electron chi connectivity index (χ2n) is 3.60. The van der Waals surface area contributed by atoms with Crippen molar-refractivity contribution in [3.05, 3.63) is 22.7 Å². The van der Waals surface area contributed by atoms with Crippen LogP contribution >= 0.6 is 15.9 Å². The largest absolute Gasteiger partial charge is 0.444 e. The topological polar surface area (TPSA) is 64.1 Å². The third kappa shape index (κ3) is 3.41. The fourth-order valence-corrected chi connectivity index (χ4v) is 1.69. The van der Waals surface area contributed by atoms with Gasteiger partial charge in [0.05, 0.1) is 0 Å². The van der Waals surface area contributed by atoms with Crippen molar-refractivity contribution >= 4 is 15.9 Å². The second-order valence-corrected chi connectivity index (χ2v) is 4.39. The Kier molecular flexibility index (Phi) is 4.33. The van der Waals surface area contributed by atoms with Gasteiger partial charge in [0.25, 0.3) is 5.89 Å². The molecule has 0 aromatic carbocycles. The number of furan rings is 1. The molecule has 1 N–H and O–H groups in total. The van der Waals surface area contributed by atoms with E-state index in [4.69, 9.17) is 8.83 Å². The number of aromatic nitrogens is 2. The summed E-state index contributed by atoms with van der Waals surface area (Å²) >= 11 is 3.23. The van der Waals surface area contributed by atoms with Crippen molar-refractivity contribution in [1.82, 2.24) is 15.5 Å². The monoisotopic (exact) mass is 299 g/mol. The Morgan fingerprint density at radius 3 is 2.82 bits per heavy atom. The van der Waals surface area contributed by atoms with Gasteiger partial charge in [-0.2, -0.15) is 0 Å². The lowest BCUT2D eigenvalue weighted by Gasteiger charge is -1.98. The van der Waals surface area contributed by atoms with E-state index in [1.807, 2.05) is 0 Å². The van der Waals surface area contributed by atoms with Gasteiger partial charge in [-0.15, -0.1) is 10.2 Å². The van der Waals surface area contributed by atoms with Crippen LogP contribution in [0.15, 0.2) is 25.6 Å². The summed E-state index contributed by atoms with van der Waals surface area (Å²) in [5.41, 5.74) is 0. The van der Waals surface area contributed by atoms with Crippen LogP contribution in [0.4, 0.5) is 0 Å². The normalized spacial score (nSPS) is 10.9. The molecule has 0 unspecified atom stereocenters. The van der Waals surface area contributed by atoms with E-state index in [-0.39, 0.29) is 0 Å². The predicted molar refractivity (Wildman–Crippen MR) is 66.6 cm³/mol. The molecule has 0 fully saturated rings. The number of hydrogen-bond acceptors (Lipinski definition) is 5. The minimum Gasteiger partial charge on any atom is -0.444 e. The minimum atomic E-state index is 0.418. The molecule has 0 aliphatic carbocycles. The highest BCUT2D eigenvalue weighted by Crippen LogP contribution is 2.23. The summed E-state index contributed by atoms with van der Waals surface area (Å²) in [5, 5.41) is 11.2. The van der Waals surface area contributed by atoms with Gasteiger partial charge in [-0.05, 0) is 41.0 Å². The molecule has 2 aromatic rings. The van der Waals surface area contributed by atoms with Crippen LogP contribution in [0.3, 0.4) is 0 Å². The Morgan fingerprint density at radius 1 is 1.24 bits per heavy atom. The molecule has 2 heterocycles. The summed E-state index contributed by atoms with van der Waals surface area (Å²) in [5.74, 6) is 1.62. The summed E-state index contributed by atoms with van der Waals surface area (Å²) in [6, 6.07) is 3.58. The third-order valence-corrected chi connectivity index (χ3v) is 2.62. The average Bonchev–Trinajstić information content (AvgIpc) is 2.93. The summed E-state index contributed by atoms with van der Waals surface area (Å²) in [7, 11) is 0. The maximum Gasteiger partial charge on any atom is 0.283 e. The maximum absolute atomic E-state index is 5.49. The Labute approximate surface area is 108 Å². The van der Waals surface area contributed by atoms with Crippen LogP contribution in [-0.2, 0) is 6.42 Å². The molecule has 17 heavy (non-hydrogen) atoms. The van der Waals surface area contributed by atoms with Crippen LogP contribution in [0.25, 0.3) is 11.7 Å². The summed E-state index contributed by atoms with van der Waals surface area (Å²) in [4.78, 5) is 0. The molecule has 0 aliphatic rings. The van der Waals surface area contributed by atoms with E-state index in [0.29, 0.717) is 22.2 Å². The first-order valence-electron chi connectivity index (χ1n) is 5.58.